The van der Waals surface area contributed by atoms with E-state index < -0.39 is 44.7 Å². The third kappa shape index (κ3) is 5.23. The number of nitrogens with zero attached hydrogens (tertiary/aromatic N) is 1. The summed E-state index contributed by atoms with van der Waals surface area (Å²) in [6.07, 6.45) is -3.23. The van der Waals surface area contributed by atoms with Gasteiger partial charge in [-0.15, -0.1) is 0 Å². The van der Waals surface area contributed by atoms with E-state index in [1.54, 1.807) is 0 Å². The van der Waals surface area contributed by atoms with Crippen molar-refractivity contribution in [2.24, 2.45) is 0 Å². The summed E-state index contributed by atoms with van der Waals surface area (Å²) >= 11 is 0. The predicted molar refractivity (Wildman–Crippen MR) is 86.9 cm³/mol. The predicted octanol–water partition coefficient (Wildman–Crippen LogP) is 2.40. The fraction of sp³-hybridized carbons (Fsp3) is 0.250. The molecule has 146 valence electrons. The Morgan fingerprint density at radius 1 is 1.19 bits per heavy atom. The number of hydrogen-bond acceptors (Lipinski definition) is 5. The Bertz CT molecular complexity index is 942. The number of carbonyl (C=O) groups excluding carboxylic acids is 1. The number of amides is 1. The van der Waals surface area contributed by atoms with Crippen LogP contribution in [0.5, 0.6) is 0 Å². The SMILES string of the molecule is C[C@](O)(CS(=O)(=O)c1ccc(F)cc1)C(=O)Nc1cncc(C(F)(F)F)c1. The largest absolute Gasteiger partial charge is 0.417 e. The molecule has 0 aliphatic rings. The van der Waals surface area contributed by atoms with Crippen LogP contribution in [0.2, 0.25) is 0 Å². The first-order chi connectivity index (χ1) is 12.3. The molecule has 6 nitrogen and oxygen atoms in total. The molecule has 1 aromatic carbocycles. The van der Waals surface area contributed by atoms with Crippen molar-refractivity contribution in [3.8, 4) is 0 Å². The van der Waals surface area contributed by atoms with Gasteiger partial charge in [-0.1, -0.05) is 0 Å². The lowest BCUT2D eigenvalue weighted by molar-refractivity contribution is -0.138. The second-order valence-electron chi connectivity index (χ2n) is 5.90. The maximum absolute atomic E-state index is 12.9. The van der Waals surface area contributed by atoms with Crippen LogP contribution >= 0.6 is 0 Å². The zero-order valence-electron chi connectivity index (χ0n) is 13.8. The lowest BCUT2D eigenvalue weighted by Gasteiger charge is -2.22. The third-order valence-corrected chi connectivity index (χ3v) is 5.39. The average molecular weight is 406 g/mol. The van der Waals surface area contributed by atoms with Gasteiger partial charge < -0.3 is 10.4 Å². The van der Waals surface area contributed by atoms with E-state index in [0.717, 1.165) is 37.4 Å². The lowest BCUT2D eigenvalue weighted by Crippen LogP contribution is -2.45. The first-order valence-electron chi connectivity index (χ1n) is 7.36. The summed E-state index contributed by atoms with van der Waals surface area (Å²) in [4.78, 5) is 15.2. The number of hydrogen-bond donors (Lipinski definition) is 2. The number of aliphatic hydroxyl groups is 1. The van der Waals surface area contributed by atoms with E-state index in [0.29, 0.717) is 12.3 Å². The summed E-state index contributed by atoms with van der Waals surface area (Å²) in [6.45, 7) is 0.893. The van der Waals surface area contributed by atoms with Crippen molar-refractivity contribution in [2.45, 2.75) is 23.6 Å². The number of sulfone groups is 1. The van der Waals surface area contributed by atoms with E-state index in [1.807, 2.05) is 5.32 Å². The molecule has 2 N–H and O–H groups in total. The fourth-order valence-corrected chi connectivity index (χ4v) is 3.68. The Morgan fingerprint density at radius 2 is 1.78 bits per heavy atom. The topological polar surface area (TPSA) is 96.4 Å². The van der Waals surface area contributed by atoms with Gasteiger partial charge in [0.15, 0.2) is 15.4 Å². The van der Waals surface area contributed by atoms with Crippen LogP contribution in [-0.2, 0) is 20.8 Å². The zero-order chi connectivity index (χ0) is 20.5. The maximum atomic E-state index is 12.9. The summed E-state index contributed by atoms with van der Waals surface area (Å²) in [5.41, 5.74) is -3.96. The van der Waals surface area contributed by atoms with Crippen LogP contribution in [0, 0.1) is 5.82 Å². The molecule has 0 saturated carbocycles. The summed E-state index contributed by atoms with van der Waals surface area (Å²) in [6, 6.07) is 4.33. The van der Waals surface area contributed by atoms with Gasteiger partial charge in [0.2, 0.25) is 0 Å². The average Bonchev–Trinajstić information content (AvgIpc) is 2.53. The Balaban J connectivity index is 2.19. The van der Waals surface area contributed by atoms with Gasteiger partial charge in [-0.3, -0.25) is 9.78 Å². The second-order valence-corrected chi connectivity index (χ2v) is 7.89. The molecule has 0 spiro atoms. The number of carbonyl (C=O) groups is 1. The van der Waals surface area contributed by atoms with Crippen molar-refractivity contribution >= 4 is 21.4 Å². The number of rotatable bonds is 5. The van der Waals surface area contributed by atoms with Gasteiger partial charge in [0.25, 0.3) is 5.91 Å². The van der Waals surface area contributed by atoms with Gasteiger partial charge in [-0.05, 0) is 37.3 Å². The van der Waals surface area contributed by atoms with Gasteiger partial charge in [-0.2, -0.15) is 13.2 Å². The molecule has 1 amide bonds. The van der Waals surface area contributed by atoms with E-state index in [-0.39, 0.29) is 10.6 Å². The van der Waals surface area contributed by atoms with E-state index >= 15 is 0 Å². The molecule has 2 rings (SSSR count). The minimum absolute atomic E-state index is 0.322. The van der Waals surface area contributed by atoms with Gasteiger partial charge in [-0.25, -0.2) is 12.8 Å². The standard InChI is InChI=1S/C16H14F4N2O4S/c1-15(24,9-27(25,26)13-4-2-11(17)3-5-13)14(23)22-12-6-10(7-21-8-12)16(18,19)20/h2-8,24H,9H2,1H3,(H,22,23)/t15-/m0/s1. The summed E-state index contributed by atoms with van der Waals surface area (Å²) in [7, 11) is -4.18. The minimum atomic E-state index is -4.69. The number of pyridine rings is 1. The van der Waals surface area contributed by atoms with Gasteiger partial charge in [0.05, 0.1) is 28.1 Å². The van der Waals surface area contributed by atoms with Crippen molar-refractivity contribution in [1.82, 2.24) is 4.98 Å². The molecule has 0 bridgehead atoms. The van der Waals surface area contributed by atoms with Gasteiger partial charge in [0.1, 0.15) is 5.82 Å². The maximum Gasteiger partial charge on any atom is 0.417 e. The molecule has 2 aromatic rings. The summed E-state index contributed by atoms with van der Waals surface area (Å²) < 4.78 is 75.5. The quantitative estimate of drug-likeness (QED) is 0.587. The molecule has 1 heterocycles. The Kier molecular flexibility index (Phi) is 5.57. The molecular formula is C16H14F4N2O4S. The van der Waals surface area contributed by atoms with Crippen LogP contribution in [0.4, 0.5) is 23.2 Å². The van der Waals surface area contributed by atoms with E-state index in [1.165, 1.54) is 0 Å². The van der Waals surface area contributed by atoms with E-state index in [2.05, 4.69) is 4.98 Å². The zero-order valence-corrected chi connectivity index (χ0v) is 14.6. The van der Waals surface area contributed by atoms with Crippen LogP contribution in [0.1, 0.15) is 12.5 Å². The number of alkyl halides is 3. The molecular weight excluding hydrogens is 392 g/mol. The normalized spacial score (nSPS) is 14.4. The van der Waals surface area contributed by atoms with Crippen molar-refractivity contribution < 1.29 is 35.9 Å². The van der Waals surface area contributed by atoms with Gasteiger partial charge in [0, 0.05) is 6.20 Å². The highest BCUT2D eigenvalue weighted by atomic mass is 32.2. The highest BCUT2D eigenvalue weighted by Crippen LogP contribution is 2.30. The van der Waals surface area contributed by atoms with Crippen molar-refractivity contribution in [1.29, 1.82) is 0 Å². The molecule has 27 heavy (non-hydrogen) atoms. The second kappa shape index (κ2) is 7.24. The summed E-state index contributed by atoms with van der Waals surface area (Å²) in [5, 5.41) is 12.2. The Hall–Kier alpha value is -2.53. The van der Waals surface area contributed by atoms with E-state index in [4.69, 9.17) is 0 Å². The highest BCUT2D eigenvalue weighted by molar-refractivity contribution is 7.91. The monoisotopic (exact) mass is 406 g/mol. The smallest absolute Gasteiger partial charge is 0.379 e. The Morgan fingerprint density at radius 3 is 2.33 bits per heavy atom. The molecule has 0 unspecified atom stereocenters. The molecule has 0 aliphatic heterocycles. The third-order valence-electron chi connectivity index (χ3n) is 3.46. The molecule has 0 saturated heterocycles. The number of anilines is 1. The van der Waals surface area contributed by atoms with Crippen LogP contribution in [0.3, 0.4) is 0 Å². The van der Waals surface area contributed by atoms with Crippen LogP contribution in [-0.4, -0.2) is 35.8 Å². The van der Waals surface area contributed by atoms with Crippen LogP contribution in [0.25, 0.3) is 0 Å². The lowest BCUT2D eigenvalue weighted by atomic mass is 10.1. The van der Waals surface area contributed by atoms with E-state index in [9.17, 15) is 35.9 Å². The highest BCUT2D eigenvalue weighted by Gasteiger charge is 2.37. The van der Waals surface area contributed by atoms with Crippen molar-refractivity contribution in [3.63, 3.8) is 0 Å². The molecule has 1 aromatic heterocycles. The molecule has 11 heteroatoms. The van der Waals surface area contributed by atoms with Gasteiger partial charge >= 0.3 is 6.18 Å². The molecule has 1 atom stereocenters. The number of halogens is 4. The fourth-order valence-electron chi connectivity index (χ4n) is 2.09. The summed E-state index contributed by atoms with van der Waals surface area (Å²) in [5.74, 6) is -2.98. The first kappa shape index (κ1) is 20.8. The molecule has 0 radical (unpaired) electrons. The van der Waals surface area contributed by atoms with Crippen LogP contribution in [0.15, 0.2) is 47.6 Å². The number of aromatic nitrogens is 1. The number of nitrogens with one attached hydrogen (secondary N) is 1. The first-order valence-corrected chi connectivity index (χ1v) is 9.01. The van der Waals surface area contributed by atoms with Crippen molar-refractivity contribution in [3.05, 3.63) is 54.1 Å². The van der Waals surface area contributed by atoms with Crippen molar-refractivity contribution in [2.75, 3.05) is 11.1 Å². The minimum Gasteiger partial charge on any atom is -0.379 e. The van der Waals surface area contributed by atoms with Crippen LogP contribution < -0.4 is 5.32 Å². The number of benzene rings is 1. The Labute approximate surface area is 151 Å². The molecule has 0 fully saturated rings. The molecule has 0 aliphatic carbocycles.